The van der Waals surface area contributed by atoms with Crippen LogP contribution in [0, 0.1) is 29.6 Å². The van der Waals surface area contributed by atoms with E-state index in [-0.39, 0.29) is 66.4 Å². The molecule has 0 spiro atoms. The molecule has 3 rings (SSSR count). The lowest BCUT2D eigenvalue weighted by molar-refractivity contribution is -0.148. The number of methoxy groups -OCH3 is 2. The van der Waals surface area contributed by atoms with Crippen molar-refractivity contribution in [3.05, 3.63) is 35.9 Å². The second-order valence-electron chi connectivity index (χ2n) is 16.9. The van der Waals surface area contributed by atoms with Crippen LogP contribution in [0.15, 0.2) is 30.3 Å². The standard InChI is InChI=1S/C43H74N6O8/c1-11-29(6)38(47(8)42(53)36(27(2)3)46-41(52)37(28(4)5)48-22-19-44-20-23-48)34(56-9)25-35(50)49-21-15-18-33(49)39(57-10)30(7)40(51)45-26-32(43(54)55)24-31-16-13-12-14-17-31/h12-14,16-17,27-30,32-34,36-39,43-44,54-55H,11,15,18-26H2,1-10H3,(H,45,51)(H,46,52)/t29-,30+,32?,33-,34?,36-,37-,38-,39+/m0/s1. The molecule has 2 saturated heterocycles. The fourth-order valence-electron chi connectivity index (χ4n) is 8.72. The van der Waals surface area contributed by atoms with Crippen LogP contribution in [0.1, 0.15) is 79.7 Å². The van der Waals surface area contributed by atoms with Crippen molar-refractivity contribution in [2.75, 3.05) is 60.5 Å². The van der Waals surface area contributed by atoms with Gasteiger partial charge in [-0.2, -0.15) is 0 Å². The van der Waals surface area contributed by atoms with Gasteiger partial charge in [-0.25, -0.2) is 0 Å². The van der Waals surface area contributed by atoms with Crippen LogP contribution in [-0.2, 0) is 35.1 Å². The molecule has 2 heterocycles. The third-order valence-corrected chi connectivity index (χ3v) is 12.2. The fraction of sp³-hybridized carbons (Fsp3) is 0.767. The Morgan fingerprint density at radius 1 is 0.930 bits per heavy atom. The summed E-state index contributed by atoms with van der Waals surface area (Å²) in [6.07, 6.45) is -0.326. The fourth-order valence-corrected chi connectivity index (χ4v) is 8.72. The van der Waals surface area contributed by atoms with Crippen molar-refractivity contribution in [2.45, 2.75) is 123 Å². The molecule has 0 aliphatic carbocycles. The van der Waals surface area contributed by atoms with Crippen molar-refractivity contribution in [2.24, 2.45) is 29.6 Å². The van der Waals surface area contributed by atoms with Crippen molar-refractivity contribution in [1.82, 2.24) is 30.7 Å². The highest BCUT2D eigenvalue weighted by molar-refractivity contribution is 5.90. The van der Waals surface area contributed by atoms with Gasteiger partial charge in [-0.3, -0.25) is 24.1 Å². The molecule has 57 heavy (non-hydrogen) atoms. The summed E-state index contributed by atoms with van der Waals surface area (Å²) in [6.45, 7) is 17.5. The molecule has 0 aromatic heterocycles. The molecule has 2 fully saturated rings. The van der Waals surface area contributed by atoms with Gasteiger partial charge < -0.3 is 45.4 Å². The van der Waals surface area contributed by atoms with Crippen molar-refractivity contribution in [3.63, 3.8) is 0 Å². The van der Waals surface area contributed by atoms with Crippen LogP contribution in [0.2, 0.25) is 0 Å². The van der Waals surface area contributed by atoms with Gasteiger partial charge in [0.05, 0.1) is 42.7 Å². The van der Waals surface area contributed by atoms with E-state index in [2.05, 4.69) is 20.9 Å². The van der Waals surface area contributed by atoms with Gasteiger partial charge in [-0.15, -0.1) is 0 Å². The number of hydrogen-bond donors (Lipinski definition) is 5. The maximum absolute atomic E-state index is 14.4. The zero-order valence-electron chi connectivity index (χ0n) is 36.3. The Bertz CT molecular complexity index is 1390. The first kappa shape index (κ1) is 48.2. The van der Waals surface area contributed by atoms with Gasteiger partial charge in [-0.1, -0.05) is 85.2 Å². The second kappa shape index (κ2) is 23.5. The average molecular weight is 803 g/mol. The molecule has 1 aromatic rings. The Morgan fingerprint density at radius 3 is 2.12 bits per heavy atom. The quantitative estimate of drug-likeness (QED) is 0.110. The molecule has 1 aromatic carbocycles. The number of ether oxygens (including phenoxy) is 2. The smallest absolute Gasteiger partial charge is 0.245 e. The van der Waals surface area contributed by atoms with Crippen LogP contribution >= 0.6 is 0 Å². The molecule has 5 N–H and O–H groups in total. The van der Waals surface area contributed by atoms with Crippen LogP contribution in [0.4, 0.5) is 0 Å². The maximum Gasteiger partial charge on any atom is 0.245 e. The van der Waals surface area contributed by atoms with Crippen molar-refractivity contribution in [1.29, 1.82) is 0 Å². The van der Waals surface area contributed by atoms with Crippen LogP contribution in [-0.4, -0.2) is 152 Å². The summed E-state index contributed by atoms with van der Waals surface area (Å²) in [5.74, 6) is -2.22. The molecule has 2 unspecified atom stereocenters. The van der Waals surface area contributed by atoms with Gasteiger partial charge in [-0.05, 0) is 42.6 Å². The van der Waals surface area contributed by atoms with Gasteiger partial charge in [0, 0.05) is 66.5 Å². The van der Waals surface area contributed by atoms with E-state index in [0.29, 0.717) is 19.4 Å². The number of nitrogens with zero attached hydrogens (tertiary/aromatic N) is 3. The molecular formula is C43H74N6O8. The number of piperazine rings is 1. The second-order valence-corrected chi connectivity index (χ2v) is 16.9. The number of aliphatic hydroxyl groups excluding tert-OH is 1. The zero-order valence-corrected chi connectivity index (χ0v) is 36.3. The van der Waals surface area contributed by atoms with E-state index in [9.17, 15) is 29.4 Å². The predicted molar refractivity (Wildman–Crippen MR) is 221 cm³/mol. The van der Waals surface area contributed by atoms with Gasteiger partial charge in [0.15, 0.2) is 6.29 Å². The van der Waals surface area contributed by atoms with E-state index in [1.807, 2.05) is 71.9 Å². The number of rotatable bonds is 22. The van der Waals surface area contributed by atoms with E-state index in [4.69, 9.17) is 9.47 Å². The number of amides is 4. The molecule has 9 atom stereocenters. The predicted octanol–water partition coefficient (Wildman–Crippen LogP) is 2.26. The molecule has 324 valence electrons. The Hall–Kier alpha value is -3.14. The maximum atomic E-state index is 14.4. The first-order valence-corrected chi connectivity index (χ1v) is 21.1. The summed E-state index contributed by atoms with van der Waals surface area (Å²) in [4.78, 5) is 61.7. The third kappa shape index (κ3) is 13.2. The molecule has 14 nitrogen and oxygen atoms in total. The van der Waals surface area contributed by atoms with Gasteiger partial charge in [0.1, 0.15) is 6.04 Å². The highest BCUT2D eigenvalue weighted by atomic mass is 16.5. The number of likely N-dealkylation sites (tertiary alicyclic amines) is 1. The summed E-state index contributed by atoms with van der Waals surface area (Å²) in [6, 6.07) is 7.52. The average Bonchev–Trinajstić information content (AvgIpc) is 3.68. The summed E-state index contributed by atoms with van der Waals surface area (Å²) < 4.78 is 12.0. The van der Waals surface area contributed by atoms with Crippen molar-refractivity contribution < 1.29 is 38.9 Å². The minimum atomic E-state index is -1.61. The van der Waals surface area contributed by atoms with E-state index >= 15 is 0 Å². The summed E-state index contributed by atoms with van der Waals surface area (Å²) in [5, 5.41) is 29.5. The number of likely N-dealkylation sites (N-methyl/N-ethyl adjacent to an activating group) is 1. The number of carbonyl (C=O) groups is 4. The number of hydrogen-bond acceptors (Lipinski definition) is 10. The van der Waals surface area contributed by atoms with Gasteiger partial charge >= 0.3 is 0 Å². The molecule has 2 aliphatic heterocycles. The van der Waals surface area contributed by atoms with Gasteiger partial charge in [0.2, 0.25) is 23.6 Å². The van der Waals surface area contributed by atoms with E-state index in [0.717, 1.165) is 44.6 Å². The molecule has 14 heteroatoms. The number of carbonyl (C=O) groups excluding carboxylic acids is 4. The molecule has 0 radical (unpaired) electrons. The minimum Gasteiger partial charge on any atom is -0.379 e. The Kier molecular flexibility index (Phi) is 19.8. The largest absolute Gasteiger partial charge is 0.379 e. The highest BCUT2D eigenvalue weighted by Crippen LogP contribution is 2.30. The normalized spacial score (nSPS) is 20.8. The number of nitrogens with one attached hydrogen (secondary N) is 3. The molecule has 0 bridgehead atoms. The van der Waals surface area contributed by atoms with Crippen LogP contribution in [0.5, 0.6) is 0 Å². The third-order valence-electron chi connectivity index (χ3n) is 12.2. The van der Waals surface area contributed by atoms with E-state index in [1.54, 1.807) is 38.0 Å². The molecule has 4 amide bonds. The Morgan fingerprint density at radius 2 is 1.58 bits per heavy atom. The topological polar surface area (TPSA) is 173 Å². The molecule has 0 saturated carbocycles. The van der Waals surface area contributed by atoms with Crippen LogP contribution in [0.25, 0.3) is 0 Å². The molecule has 2 aliphatic rings. The van der Waals surface area contributed by atoms with E-state index in [1.165, 1.54) is 0 Å². The minimum absolute atomic E-state index is 0.0172. The SMILES string of the molecule is CC[C@H](C)[C@@H](C(CC(=O)N1CCC[C@H]1[C@H](OC)[C@@H](C)C(=O)NCC(Cc1ccccc1)C(O)O)OC)N(C)C(=O)[C@@H](NC(=O)[C@H](C(C)C)N1CCNCC1)C(C)C. The number of aliphatic hydroxyl groups is 2. The van der Waals surface area contributed by atoms with E-state index < -0.39 is 42.4 Å². The summed E-state index contributed by atoms with van der Waals surface area (Å²) in [7, 11) is 4.85. The molecular weight excluding hydrogens is 729 g/mol. The van der Waals surface area contributed by atoms with Crippen LogP contribution in [0.3, 0.4) is 0 Å². The first-order valence-electron chi connectivity index (χ1n) is 21.1. The van der Waals surface area contributed by atoms with Crippen molar-refractivity contribution >= 4 is 23.6 Å². The summed E-state index contributed by atoms with van der Waals surface area (Å²) >= 11 is 0. The highest BCUT2D eigenvalue weighted by Gasteiger charge is 2.43. The van der Waals surface area contributed by atoms with Crippen molar-refractivity contribution in [3.8, 4) is 0 Å². The Labute approximate surface area is 341 Å². The lowest BCUT2D eigenvalue weighted by Crippen LogP contribution is -2.61. The number of benzene rings is 1. The lowest BCUT2D eigenvalue weighted by atomic mass is 9.89. The lowest BCUT2D eigenvalue weighted by Gasteiger charge is -2.41. The Balaban J connectivity index is 1.74. The first-order chi connectivity index (χ1) is 27.1. The van der Waals surface area contributed by atoms with Gasteiger partial charge in [0.25, 0.3) is 0 Å². The zero-order chi connectivity index (χ0) is 42.4. The monoisotopic (exact) mass is 803 g/mol. The van der Waals surface area contributed by atoms with Crippen LogP contribution < -0.4 is 16.0 Å². The summed E-state index contributed by atoms with van der Waals surface area (Å²) in [5.41, 5.74) is 0.931.